The van der Waals surface area contributed by atoms with Gasteiger partial charge in [-0.05, 0) is 48.0 Å². The van der Waals surface area contributed by atoms with E-state index in [4.69, 9.17) is 17.0 Å². The van der Waals surface area contributed by atoms with Gasteiger partial charge in [-0.1, -0.05) is 72.5 Å². The maximum atomic E-state index is 12.9. The van der Waals surface area contributed by atoms with E-state index in [1.165, 1.54) is 16.7 Å². The van der Waals surface area contributed by atoms with Gasteiger partial charge >= 0.3 is 0 Å². The van der Waals surface area contributed by atoms with Crippen LogP contribution < -0.4 is 15.0 Å². The fraction of sp³-hybridized carbons (Fsp3) is 0.0417. The predicted octanol–water partition coefficient (Wildman–Crippen LogP) is 5.11. The Labute approximate surface area is 189 Å². The topological polar surface area (TPSA) is 58.6 Å². The predicted molar refractivity (Wildman–Crippen MR) is 129 cm³/mol. The molecule has 5 nitrogen and oxygen atoms in total. The van der Waals surface area contributed by atoms with Crippen molar-refractivity contribution >= 4 is 57.6 Å². The summed E-state index contributed by atoms with van der Waals surface area (Å²) in [6.45, 7) is -0.117. The molecule has 1 saturated heterocycles. The normalized spacial score (nSPS) is 14.7. The molecule has 1 aliphatic heterocycles. The fourth-order valence-electron chi connectivity index (χ4n) is 2.98. The van der Waals surface area contributed by atoms with Crippen molar-refractivity contribution in [2.24, 2.45) is 0 Å². The van der Waals surface area contributed by atoms with E-state index >= 15 is 0 Å². The lowest BCUT2D eigenvalue weighted by atomic mass is 10.2. The Balaban J connectivity index is 1.42. The van der Waals surface area contributed by atoms with Gasteiger partial charge in [0.1, 0.15) is 5.75 Å². The van der Waals surface area contributed by atoms with Gasteiger partial charge in [-0.25, -0.2) is 0 Å². The summed E-state index contributed by atoms with van der Waals surface area (Å²) in [5, 5.41) is 2.77. The van der Waals surface area contributed by atoms with Gasteiger partial charge in [-0.2, -0.15) is 0 Å². The van der Waals surface area contributed by atoms with Crippen molar-refractivity contribution < 1.29 is 14.3 Å². The summed E-state index contributed by atoms with van der Waals surface area (Å²) in [5.41, 5.74) is 2.25. The lowest BCUT2D eigenvalue weighted by Crippen LogP contribution is -2.27. The van der Waals surface area contributed by atoms with Crippen molar-refractivity contribution in [3.63, 3.8) is 0 Å². The van der Waals surface area contributed by atoms with E-state index in [1.54, 1.807) is 18.2 Å². The van der Waals surface area contributed by atoms with E-state index in [0.717, 1.165) is 11.3 Å². The van der Waals surface area contributed by atoms with Crippen LogP contribution in [-0.4, -0.2) is 22.7 Å². The first-order valence-corrected chi connectivity index (χ1v) is 10.7. The van der Waals surface area contributed by atoms with Crippen LogP contribution in [-0.2, 0) is 9.59 Å². The molecule has 0 bridgehead atoms. The van der Waals surface area contributed by atoms with Crippen LogP contribution in [0.5, 0.6) is 5.75 Å². The Morgan fingerprint density at radius 3 is 2.45 bits per heavy atom. The molecular weight excluding hydrogens is 428 g/mol. The number of benzene rings is 3. The number of nitrogens with one attached hydrogen (secondary N) is 1. The third-order valence-electron chi connectivity index (χ3n) is 4.39. The lowest BCUT2D eigenvalue weighted by Gasteiger charge is -2.13. The fourth-order valence-corrected chi connectivity index (χ4v) is 4.28. The highest BCUT2D eigenvalue weighted by Crippen LogP contribution is 2.36. The molecule has 2 amide bonds. The van der Waals surface area contributed by atoms with Crippen molar-refractivity contribution in [2.45, 2.75) is 0 Å². The first-order chi connectivity index (χ1) is 15.1. The largest absolute Gasteiger partial charge is 0.484 e. The molecule has 0 unspecified atom stereocenters. The molecule has 1 fully saturated rings. The zero-order valence-corrected chi connectivity index (χ0v) is 18.0. The monoisotopic (exact) mass is 446 g/mol. The molecule has 7 heteroatoms. The van der Waals surface area contributed by atoms with Gasteiger partial charge in [-0.15, -0.1) is 0 Å². The van der Waals surface area contributed by atoms with Crippen LogP contribution in [0.2, 0.25) is 0 Å². The molecule has 0 saturated carbocycles. The van der Waals surface area contributed by atoms with Crippen LogP contribution >= 0.6 is 24.0 Å². The summed E-state index contributed by atoms with van der Waals surface area (Å²) in [7, 11) is 0. The van der Waals surface area contributed by atoms with Crippen molar-refractivity contribution in [2.75, 3.05) is 16.8 Å². The molecule has 4 rings (SSSR count). The Hall–Kier alpha value is -3.42. The molecule has 3 aromatic rings. The number of para-hydroxylation sites is 2. The van der Waals surface area contributed by atoms with Gasteiger partial charge in [-0.3, -0.25) is 14.5 Å². The molecule has 31 heavy (non-hydrogen) atoms. The van der Waals surface area contributed by atoms with Gasteiger partial charge in [0, 0.05) is 5.69 Å². The summed E-state index contributed by atoms with van der Waals surface area (Å²) >= 11 is 6.66. The number of thiocarbonyl (C=S) groups is 1. The molecular formula is C24H18N2O3S2. The highest BCUT2D eigenvalue weighted by atomic mass is 32.2. The summed E-state index contributed by atoms with van der Waals surface area (Å²) in [6, 6.07) is 25.8. The minimum absolute atomic E-state index is 0.117. The Morgan fingerprint density at radius 2 is 1.71 bits per heavy atom. The van der Waals surface area contributed by atoms with E-state index in [2.05, 4.69) is 5.32 Å². The van der Waals surface area contributed by atoms with Crippen LogP contribution in [0.25, 0.3) is 6.08 Å². The molecule has 0 spiro atoms. The average Bonchev–Trinajstić information content (AvgIpc) is 3.06. The zero-order chi connectivity index (χ0) is 21.6. The number of ether oxygens (including phenoxy) is 1. The summed E-state index contributed by atoms with van der Waals surface area (Å²) < 4.78 is 6.11. The number of rotatable bonds is 6. The van der Waals surface area contributed by atoms with Gasteiger partial charge in [0.15, 0.2) is 10.9 Å². The van der Waals surface area contributed by atoms with Gasteiger partial charge in [0.25, 0.3) is 11.8 Å². The minimum Gasteiger partial charge on any atom is -0.484 e. The third-order valence-corrected chi connectivity index (χ3v) is 5.69. The number of thioether (sulfide) groups is 1. The number of hydrogen-bond donors (Lipinski definition) is 1. The van der Waals surface area contributed by atoms with Crippen LogP contribution in [0.15, 0.2) is 89.8 Å². The van der Waals surface area contributed by atoms with Crippen LogP contribution in [0.3, 0.4) is 0 Å². The molecule has 0 atom stereocenters. The van der Waals surface area contributed by atoms with E-state index in [-0.39, 0.29) is 18.4 Å². The van der Waals surface area contributed by atoms with Gasteiger partial charge < -0.3 is 10.1 Å². The first-order valence-electron chi connectivity index (χ1n) is 9.51. The molecule has 0 aliphatic carbocycles. The SMILES string of the molecule is O=C(COc1cccc(/C=C2\SC(=S)N(c3ccccc3)C2=O)c1)Nc1ccccc1. The van der Waals surface area contributed by atoms with Crippen LogP contribution in [0.4, 0.5) is 11.4 Å². The molecule has 0 aromatic heterocycles. The second-order valence-electron chi connectivity index (χ2n) is 6.63. The van der Waals surface area contributed by atoms with Crippen molar-refractivity contribution in [3.05, 3.63) is 95.4 Å². The number of carbonyl (C=O) groups excluding carboxylic acids is 2. The molecule has 1 N–H and O–H groups in total. The number of amides is 2. The molecule has 1 aliphatic rings. The van der Waals surface area contributed by atoms with Gasteiger partial charge in [0.05, 0.1) is 10.6 Å². The number of nitrogens with zero attached hydrogens (tertiary/aromatic N) is 1. The first kappa shape index (κ1) is 20.8. The number of carbonyl (C=O) groups is 2. The summed E-state index contributed by atoms with van der Waals surface area (Å²) in [4.78, 5) is 27.0. The molecule has 154 valence electrons. The molecule has 1 heterocycles. The standard InChI is InChI=1S/C24H18N2O3S2/c27-22(25-18-9-3-1-4-10-18)16-29-20-13-7-8-17(14-20)15-21-23(28)26(24(30)31-21)19-11-5-2-6-12-19/h1-15H,16H2,(H,25,27)/b21-15-. The zero-order valence-electron chi connectivity index (χ0n) is 16.4. The summed E-state index contributed by atoms with van der Waals surface area (Å²) in [5.74, 6) is 0.130. The quantitative estimate of drug-likeness (QED) is 0.421. The maximum Gasteiger partial charge on any atom is 0.270 e. The van der Waals surface area contributed by atoms with Crippen LogP contribution in [0.1, 0.15) is 5.56 Å². The van der Waals surface area contributed by atoms with Gasteiger partial charge in [0.2, 0.25) is 0 Å². The number of hydrogen-bond acceptors (Lipinski definition) is 5. The lowest BCUT2D eigenvalue weighted by molar-refractivity contribution is -0.118. The van der Waals surface area contributed by atoms with Crippen molar-refractivity contribution in [1.82, 2.24) is 0 Å². The smallest absolute Gasteiger partial charge is 0.270 e. The molecule has 0 radical (unpaired) electrons. The van der Waals surface area contributed by atoms with Crippen molar-refractivity contribution in [1.29, 1.82) is 0 Å². The molecule has 3 aromatic carbocycles. The Morgan fingerprint density at radius 1 is 1.00 bits per heavy atom. The maximum absolute atomic E-state index is 12.9. The Bertz CT molecular complexity index is 1150. The highest BCUT2D eigenvalue weighted by Gasteiger charge is 2.33. The van der Waals surface area contributed by atoms with Crippen molar-refractivity contribution in [3.8, 4) is 5.75 Å². The van der Waals surface area contributed by atoms with E-state index in [0.29, 0.717) is 20.7 Å². The van der Waals surface area contributed by atoms with E-state index in [1.807, 2.05) is 72.8 Å². The Kier molecular flexibility index (Phi) is 6.45. The minimum atomic E-state index is -0.250. The second kappa shape index (κ2) is 9.59. The third kappa shape index (κ3) is 5.20. The highest BCUT2D eigenvalue weighted by molar-refractivity contribution is 8.27. The number of anilines is 2. The van der Waals surface area contributed by atoms with E-state index < -0.39 is 0 Å². The van der Waals surface area contributed by atoms with E-state index in [9.17, 15) is 9.59 Å². The van der Waals surface area contributed by atoms with Crippen LogP contribution in [0, 0.1) is 0 Å². The summed E-state index contributed by atoms with van der Waals surface area (Å²) in [6.07, 6.45) is 1.78. The second-order valence-corrected chi connectivity index (χ2v) is 8.30. The average molecular weight is 447 g/mol.